The topological polar surface area (TPSA) is 103 Å². The normalized spacial score (nSPS) is 11.2. The standard InChI is InChI=1S/C19H19N7O/c1-26(2)10-17(27)22-14-6-3-12(4-7-14)18-15-9-13(19-20-11-21-25-19)5-8-16(15)23-24-18/h3-9,11H,10H2,1-2H3,(H,22,27)(H,23,24)(H,20,21,25). The van der Waals surface area contributed by atoms with Gasteiger partial charge in [-0.05, 0) is 44.4 Å². The van der Waals surface area contributed by atoms with Crippen molar-refractivity contribution >= 4 is 22.5 Å². The molecule has 0 fully saturated rings. The van der Waals surface area contributed by atoms with Crippen LogP contribution < -0.4 is 5.32 Å². The monoisotopic (exact) mass is 361 g/mol. The molecule has 0 aliphatic carbocycles. The molecule has 2 aromatic carbocycles. The summed E-state index contributed by atoms with van der Waals surface area (Å²) in [6, 6.07) is 13.6. The van der Waals surface area contributed by atoms with Gasteiger partial charge in [-0.3, -0.25) is 15.0 Å². The van der Waals surface area contributed by atoms with Crippen molar-refractivity contribution in [2.75, 3.05) is 26.0 Å². The lowest BCUT2D eigenvalue weighted by Gasteiger charge is -2.10. The fraction of sp³-hybridized carbons (Fsp3) is 0.158. The maximum Gasteiger partial charge on any atom is 0.238 e. The molecule has 4 rings (SSSR count). The molecule has 4 aromatic rings. The van der Waals surface area contributed by atoms with E-state index in [-0.39, 0.29) is 5.91 Å². The number of fused-ring (bicyclic) bond motifs is 1. The number of anilines is 1. The summed E-state index contributed by atoms with van der Waals surface area (Å²) in [5.74, 6) is 0.665. The van der Waals surface area contributed by atoms with Gasteiger partial charge in [0.05, 0.1) is 17.8 Å². The Hall–Kier alpha value is -3.52. The summed E-state index contributed by atoms with van der Waals surface area (Å²) in [4.78, 5) is 17.9. The Bertz CT molecular complexity index is 1070. The molecule has 136 valence electrons. The summed E-state index contributed by atoms with van der Waals surface area (Å²) in [6.07, 6.45) is 1.49. The quantitative estimate of drug-likeness (QED) is 0.507. The number of benzene rings is 2. The summed E-state index contributed by atoms with van der Waals surface area (Å²) in [6.45, 7) is 0.343. The van der Waals surface area contributed by atoms with Crippen molar-refractivity contribution in [3.05, 3.63) is 48.8 Å². The van der Waals surface area contributed by atoms with Crippen molar-refractivity contribution < 1.29 is 4.79 Å². The molecule has 2 aromatic heterocycles. The first-order chi connectivity index (χ1) is 13.1. The zero-order valence-electron chi connectivity index (χ0n) is 15.0. The van der Waals surface area contributed by atoms with E-state index in [4.69, 9.17) is 0 Å². The van der Waals surface area contributed by atoms with Crippen LogP contribution in [0.3, 0.4) is 0 Å². The third-order valence-corrected chi connectivity index (χ3v) is 4.15. The first kappa shape index (κ1) is 16.9. The second-order valence-corrected chi connectivity index (χ2v) is 6.53. The number of rotatable bonds is 5. The molecule has 3 N–H and O–H groups in total. The average Bonchev–Trinajstić information content (AvgIpc) is 3.31. The molecule has 1 amide bonds. The predicted molar refractivity (Wildman–Crippen MR) is 104 cm³/mol. The average molecular weight is 361 g/mol. The van der Waals surface area contributed by atoms with Crippen LogP contribution in [0, 0.1) is 0 Å². The van der Waals surface area contributed by atoms with Crippen molar-refractivity contribution in [3.63, 3.8) is 0 Å². The number of H-pyrrole nitrogens is 2. The fourth-order valence-corrected chi connectivity index (χ4v) is 2.93. The van der Waals surface area contributed by atoms with Crippen molar-refractivity contribution in [3.8, 4) is 22.6 Å². The highest BCUT2D eigenvalue weighted by atomic mass is 16.2. The fourth-order valence-electron chi connectivity index (χ4n) is 2.93. The van der Waals surface area contributed by atoms with E-state index in [0.29, 0.717) is 12.4 Å². The number of hydrogen-bond acceptors (Lipinski definition) is 5. The molecular formula is C19H19N7O. The number of nitrogens with one attached hydrogen (secondary N) is 3. The van der Waals surface area contributed by atoms with E-state index in [9.17, 15) is 4.79 Å². The molecule has 8 heteroatoms. The third kappa shape index (κ3) is 3.56. The lowest BCUT2D eigenvalue weighted by Crippen LogP contribution is -2.27. The lowest BCUT2D eigenvalue weighted by molar-refractivity contribution is -0.116. The number of carbonyl (C=O) groups excluding carboxylic acids is 1. The third-order valence-electron chi connectivity index (χ3n) is 4.15. The molecule has 0 saturated carbocycles. The maximum atomic E-state index is 11.9. The van der Waals surface area contributed by atoms with Gasteiger partial charge in [-0.25, -0.2) is 4.98 Å². The van der Waals surface area contributed by atoms with Crippen molar-refractivity contribution in [1.29, 1.82) is 0 Å². The molecule has 0 aliphatic rings. The Morgan fingerprint density at radius 1 is 1.07 bits per heavy atom. The molecule has 8 nitrogen and oxygen atoms in total. The summed E-state index contributed by atoms with van der Waals surface area (Å²) < 4.78 is 0. The van der Waals surface area contributed by atoms with Gasteiger partial charge in [-0.1, -0.05) is 12.1 Å². The first-order valence-corrected chi connectivity index (χ1v) is 8.49. The van der Waals surface area contributed by atoms with E-state index in [1.807, 2.05) is 61.5 Å². The van der Waals surface area contributed by atoms with Gasteiger partial charge in [0.2, 0.25) is 5.91 Å². The zero-order chi connectivity index (χ0) is 18.8. The van der Waals surface area contributed by atoms with Gasteiger partial charge in [-0.2, -0.15) is 10.2 Å². The van der Waals surface area contributed by atoms with Gasteiger partial charge in [0.15, 0.2) is 5.82 Å². The van der Waals surface area contributed by atoms with E-state index in [1.54, 1.807) is 0 Å². The number of aromatic amines is 2. The minimum absolute atomic E-state index is 0.0466. The summed E-state index contributed by atoms with van der Waals surface area (Å²) in [7, 11) is 3.72. The first-order valence-electron chi connectivity index (χ1n) is 8.49. The number of amides is 1. The largest absolute Gasteiger partial charge is 0.325 e. The van der Waals surface area contributed by atoms with Crippen molar-refractivity contribution in [1.82, 2.24) is 30.3 Å². The minimum atomic E-state index is -0.0466. The van der Waals surface area contributed by atoms with Gasteiger partial charge in [0.1, 0.15) is 6.33 Å². The molecule has 0 unspecified atom stereocenters. The van der Waals surface area contributed by atoms with Crippen LogP contribution in [0.4, 0.5) is 5.69 Å². The summed E-state index contributed by atoms with van der Waals surface area (Å²) >= 11 is 0. The predicted octanol–water partition coefficient (Wildman–Crippen LogP) is 2.52. The van der Waals surface area contributed by atoms with E-state index >= 15 is 0 Å². The molecule has 0 radical (unpaired) electrons. The van der Waals surface area contributed by atoms with Gasteiger partial charge in [0, 0.05) is 22.2 Å². The Morgan fingerprint density at radius 3 is 2.56 bits per heavy atom. The molecule has 2 heterocycles. The Kier molecular flexibility index (Phi) is 4.39. The van der Waals surface area contributed by atoms with Crippen LogP contribution in [0.1, 0.15) is 0 Å². The van der Waals surface area contributed by atoms with E-state index in [0.717, 1.165) is 33.4 Å². The van der Waals surface area contributed by atoms with Crippen LogP contribution >= 0.6 is 0 Å². The lowest BCUT2D eigenvalue weighted by atomic mass is 10.0. The van der Waals surface area contributed by atoms with Crippen molar-refractivity contribution in [2.45, 2.75) is 0 Å². The number of carbonyl (C=O) groups is 1. The number of aromatic nitrogens is 5. The Morgan fingerprint density at radius 2 is 1.85 bits per heavy atom. The van der Waals surface area contributed by atoms with Crippen LogP contribution in [-0.4, -0.2) is 56.8 Å². The summed E-state index contributed by atoms with van der Waals surface area (Å²) in [5, 5.41) is 18.2. The number of hydrogen-bond donors (Lipinski definition) is 3. The maximum absolute atomic E-state index is 11.9. The van der Waals surface area contributed by atoms with Crippen LogP contribution in [0.25, 0.3) is 33.5 Å². The van der Waals surface area contributed by atoms with Crippen LogP contribution in [0.5, 0.6) is 0 Å². The molecule has 27 heavy (non-hydrogen) atoms. The van der Waals surface area contributed by atoms with Crippen LogP contribution in [0.15, 0.2) is 48.8 Å². The number of nitrogens with zero attached hydrogens (tertiary/aromatic N) is 4. The smallest absolute Gasteiger partial charge is 0.238 e. The molecule has 0 spiro atoms. The molecule has 0 bridgehead atoms. The van der Waals surface area contributed by atoms with Gasteiger partial charge in [0.25, 0.3) is 0 Å². The van der Waals surface area contributed by atoms with E-state index in [1.165, 1.54) is 6.33 Å². The van der Waals surface area contributed by atoms with E-state index < -0.39 is 0 Å². The second kappa shape index (κ2) is 7.00. The van der Waals surface area contributed by atoms with Gasteiger partial charge >= 0.3 is 0 Å². The van der Waals surface area contributed by atoms with Crippen LogP contribution in [0.2, 0.25) is 0 Å². The SMILES string of the molecule is CN(C)CC(=O)Nc1ccc(-c2n[nH]c3ccc(-c4ncn[nH]4)cc23)cc1. The van der Waals surface area contributed by atoms with Gasteiger partial charge in [-0.15, -0.1) is 0 Å². The van der Waals surface area contributed by atoms with Crippen molar-refractivity contribution in [2.24, 2.45) is 0 Å². The molecule has 0 aliphatic heterocycles. The zero-order valence-corrected chi connectivity index (χ0v) is 15.0. The van der Waals surface area contributed by atoms with E-state index in [2.05, 4.69) is 30.7 Å². The Labute approximate surface area is 155 Å². The number of likely N-dealkylation sites (N-methyl/N-ethyl adjacent to an activating group) is 1. The molecule has 0 saturated heterocycles. The molecular weight excluding hydrogens is 342 g/mol. The van der Waals surface area contributed by atoms with Gasteiger partial charge < -0.3 is 10.2 Å². The summed E-state index contributed by atoms with van der Waals surface area (Å²) in [5.41, 5.74) is 4.44. The Balaban J connectivity index is 1.62. The van der Waals surface area contributed by atoms with Crippen LogP contribution in [-0.2, 0) is 4.79 Å². The minimum Gasteiger partial charge on any atom is -0.325 e. The highest BCUT2D eigenvalue weighted by molar-refractivity contribution is 5.96. The highest BCUT2D eigenvalue weighted by Crippen LogP contribution is 2.30. The molecule has 0 atom stereocenters. The second-order valence-electron chi connectivity index (χ2n) is 6.53. The highest BCUT2D eigenvalue weighted by Gasteiger charge is 2.11.